The van der Waals surface area contributed by atoms with Crippen LogP contribution in [-0.2, 0) is 16.4 Å². The van der Waals surface area contributed by atoms with E-state index in [1.165, 1.54) is 12.1 Å². The summed E-state index contributed by atoms with van der Waals surface area (Å²) in [7, 11) is -3.81. The minimum Gasteiger partial charge on any atom is -0.398 e. The molecule has 106 valence electrons. The standard InChI is InChI=1S/C14H15ClN2O2S/c1-2-10-5-3-6-11(9-10)17-20(18,19)14-12(15)7-4-8-13(14)16/h3-9,17H,2,16H2,1H3. The summed E-state index contributed by atoms with van der Waals surface area (Å²) in [6, 6.07) is 11.8. The molecule has 20 heavy (non-hydrogen) atoms. The summed E-state index contributed by atoms with van der Waals surface area (Å²) in [6.45, 7) is 2.00. The number of nitrogen functional groups attached to an aromatic ring is 1. The Bertz CT molecular complexity index is 709. The van der Waals surface area contributed by atoms with Gasteiger partial charge in [-0.2, -0.15) is 0 Å². The van der Waals surface area contributed by atoms with Gasteiger partial charge in [-0.05, 0) is 36.2 Å². The molecule has 2 aromatic rings. The predicted molar refractivity (Wildman–Crippen MR) is 82.5 cm³/mol. The Balaban J connectivity index is 2.41. The molecule has 0 amide bonds. The molecule has 0 atom stereocenters. The number of sulfonamides is 1. The maximum atomic E-state index is 12.4. The fourth-order valence-corrected chi connectivity index (χ4v) is 3.60. The molecule has 0 aliphatic rings. The molecule has 2 rings (SSSR count). The van der Waals surface area contributed by atoms with Crippen molar-refractivity contribution in [2.75, 3.05) is 10.5 Å². The molecule has 0 heterocycles. The van der Waals surface area contributed by atoms with E-state index in [2.05, 4.69) is 4.72 Å². The van der Waals surface area contributed by atoms with Crippen molar-refractivity contribution in [3.05, 3.63) is 53.1 Å². The average molecular weight is 311 g/mol. The van der Waals surface area contributed by atoms with Crippen molar-refractivity contribution >= 4 is 33.0 Å². The van der Waals surface area contributed by atoms with Gasteiger partial charge in [0.25, 0.3) is 10.0 Å². The van der Waals surface area contributed by atoms with E-state index in [9.17, 15) is 8.42 Å². The lowest BCUT2D eigenvalue weighted by atomic mass is 10.1. The van der Waals surface area contributed by atoms with Crippen LogP contribution in [0.4, 0.5) is 11.4 Å². The van der Waals surface area contributed by atoms with Crippen LogP contribution < -0.4 is 10.5 Å². The van der Waals surface area contributed by atoms with E-state index in [4.69, 9.17) is 17.3 Å². The van der Waals surface area contributed by atoms with Crippen LogP contribution in [0.3, 0.4) is 0 Å². The Hall–Kier alpha value is -1.72. The van der Waals surface area contributed by atoms with Crippen LogP contribution >= 0.6 is 11.6 Å². The Morgan fingerprint density at radius 1 is 1.20 bits per heavy atom. The maximum absolute atomic E-state index is 12.4. The zero-order valence-corrected chi connectivity index (χ0v) is 12.5. The minimum atomic E-state index is -3.81. The maximum Gasteiger partial charge on any atom is 0.265 e. The second-order valence-electron chi connectivity index (χ2n) is 4.32. The van der Waals surface area contributed by atoms with Gasteiger partial charge in [-0.15, -0.1) is 0 Å². The van der Waals surface area contributed by atoms with Crippen LogP contribution in [0.1, 0.15) is 12.5 Å². The Labute approximate surface area is 123 Å². The van der Waals surface area contributed by atoms with E-state index in [1.54, 1.807) is 24.3 Å². The zero-order valence-electron chi connectivity index (χ0n) is 10.9. The molecule has 2 aromatic carbocycles. The Kier molecular flexibility index (Phi) is 4.20. The first-order valence-electron chi connectivity index (χ1n) is 6.10. The molecule has 0 saturated heterocycles. The molecule has 4 nitrogen and oxygen atoms in total. The highest BCUT2D eigenvalue weighted by Crippen LogP contribution is 2.29. The molecule has 0 saturated carbocycles. The van der Waals surface area contributed by atoms with Crippen LogP contribution in [0.5, 0.6) is 0 Å². The first kappa shape index (κ1) is 14.7. The van der Waals surface area contributed by atoms with Crippen molar-refractivity contribution in [2.45, 2.75) is 18.2 Å². The number of nitrogens with two attached hydrogens (primary N) is 1. The number of aryl methyl sites for hydroxylation is 1. The van der Waals surface area contributed by atoms with E-state index in [-0.39, 0.29) is 15.6 Å². The van der Waals surface area contributed by atoms with Crippen molar-refractivity contribution in [2.24, 2.45) is 0 Å². The van der Waals surface area contributed by atoms with Gasteiger partial charge in [-0.3, -0.25) is 4.72 Å². The largest absolute Gasteiger partial charge is 0.398 e. The second kappa shape index (κ2) is 5.73. The Morgan fingerprint density at radius 3 is 2.55 bits per heavy atom. The van der Waals surface area contributed by atoms with Gasteiger partial charge >= 0.3 is 0 Å². The van der Waals surface area contributed by atoms with E-state index < -0.39 is 10.0 Å². The van der Waals surface area contributed by atoms with Crippen molar-refractivity contribution in [3.8, 4) is 0 Å². The molecule has 0 radical (unpaired) electrons. The minimum absolute atomic E-state index is 0.0939. The quantitative estimate of drug-likeness (QED) is 0.851. The number of rotatable bonds is 4. The molecule has 0 fully saturated rings. The molecule has 0 spiro atoms. The van der Waals surface area contributed by atoms with E-state index >= 15 is 0 Å². The number of nitrogens with one attached hydrogen (secondary N) is 1. The van der Waals surface area contributed by atoms with Crippen LogP contribution in [0.25, 0.3) is 0 Å². The number of hydrogen-bond acceptors (Lipinski definition) is 3. The monoisotopic (exact) mass is 310 g/mol. The molecule has 0 unspecified atom stereocenters. The van der Waals surface area contributed by atoms with Gasteiger partial charge in [-0.25, -0.2) is 8.42 Å². The fraction of sp³-hybridized carbons (Fsp3) is 0.143. The highest BCUT2D eigenvalue weighted by Gasteiger charge is 2.21. The third-order valence-electron chi connectivity index (χ3n) is 2.85. The molecule has 0 aliphatic heterocycles. The average Bonchev–Trinajstić information content (AvgIpc) is 2.37. The van der Waals surface area contributed by atoms with Crippen molar-refractivity contribution in [3.63, 3.8) is 0 Å². The molecule has 0 bridgehead atoms. The molecule has 0 aromatic heterocycles. The van der Waals surface area contributed by atoms with Gasteiger partial charge in [0.2, 0.25) is 0 Å². The van der Waals surface area contributed by atoms with Crippen LogP contribution in [0.2, 0.25) is 5.02 Å². The smallest absolute Gasteiger partial charge is 0.265 e. The number of halogens is 1. The SMILES string of the molecule is CCc1cccc(NS(=O)(=O)c2c(N)cccc2Cl)c1. The van der Waals surface area contributed by atoms with Crippen LogP contribution in [0, 0.1) is 0 Å². The van der Waals surface area contributed by atoms with E-state index in [0.29, 0.717) is 5.69 Å². The first-order chi connectivity index (χ1) is 9.44. The van der Waals surface area contributed by atoms with E-state index in [1.807, 2.05) is 13.0 Å². The van der Waals surface area contributed by atoms with Gasteiger partial charge in [0, 0.05) is 5.69 Å². The molecule has 0 aliphatic carbocycles. The van der Waals surface area contributed by atoms with Gasteiger partial charge < -0.3 is 5.73 Å². The number of anilines is 2. The van der Waals surface area contributed by atoms with Crippen molar-refractivity contribution < 1.29 is 8.42 Å². The lowest BCUT2D eigenvalue weighted by molar-refractivity contribution is 0.601. The number of hydrogen-bond donors (Lipinski definition) is 2. The molecular formula is C14H15ClN2O2S. The third-order valence-corrected chi connectivity index (χ3v) is 4.78. The van der Waals surface area contributed by atoms with E-state index in [0.717, 1.165) is 12.0 Å². The summed E-state index contributed by atoms with van der Waals surface area (Å²) in [6.07, 6.45) is 0.823. The summed E-state index contributed by atoms with van der Waals surface area (Å²) in [5, 5.41) is 0.101. The van der Waals surface area contributed by atoms with Gasteiger partial charge in [0.15, 0.2) is 0 Å². The lowest BCUT2D eigenvalue weighted by Gasteiger charge is -2.12. The predicted octanol–water partition coefficient (Wildman–Crippen LogP) is 3.29. The fourth-order valence-electron chi connectivity index (χ4n) is 1.87. The van der Waals surface area contributed by atoms with Gasteiger partial charge in [0.1, 0.15) is 4.90 Å². The summed E-state index contributed by atoms with van der Waals surface area (Å²) >= 11 is 5.94. The van der Waals surface area contributed by atoms with Crippen molar-refractivity contribution in [1.82, 2.24) is 0 Å². The molecular weight excluding hydrogens is 296 g/mol. The van der Waals surface area contributed by atoms with Crippen LogP contribution in [0.15, 0.2) is 47.4 Å². The third kappa shape index (κ3) is 3.05. The summed E-state index contributed by atoms with van der Waals surface area (Å²) in [4.78, 5) is -0.0939. The summed E-state index contributed by atoms with van der Waals surface area (Å²) in [5.74, 6) is 0. The van der Waals surface area contributed by atoms with Crippen LogP contribution in [-0.4, -0.2) is 8.42 Å². The first-order valence-corrected chi connectivity index (χ1v) is 7.96. The Morgan fingerprint density at radius 2 is 1.90 bits per heavy atom. The highest BCUT2D eigenvalue weighted by molar-refractivity contribution is 7.93. The van der Waals surface area contributed by atoms with Crippen molar-refractivity contribution in [1.29, 1.82) is 0 Å². The van der Waals surface area contributed by atoms with Gasteiger partial charge in [-0.1, -0.05) is 36.7 Å². The van der Waals surface area contributed by atoms with Gasteiger partial charge in [0.05, 0.1) is 10.7 Å². The summed E-state index contributed by atoms with van der Waals surface area (Å²) in [5.41, 5.74) is 7.36. The highest BCUT2D eigenvalue weighted by atomic mass is 35.5. The topological polar surface area (TPSA) is 72.2 Å². The zero-order chi connectivity index (χ0) is 14.8. The molecule has 6 heteroatoms. The normalized spacial score (nSPS) is 11.3. The molecule has 3 N–H and O–H groups in total. The lowest BCUT2D eigenvalue weighted by Crippen LogP contribution is -2.15. The second-order valence-corrected chi connectivity index (χ2v) is 6.34. The number of benzene rings is 2. The summed E-state index contributed by atoms with van der Waals surface area (Å²) < 4.78 is 27.2.